The second-order valence-electron chi connectivity index (χ2n) is 5.62. The van der Waals surface area contributed by atoms with E-state index in [1.165, 1.54) is 4.31 Å². The molecule has 7 heteroatoms. The number of nitrogens with zero attached hydrogens (tertiary/aromatic N) is 1. The Morgan fingerprint density at radius 1 is 1.29 bits per heavy atom. The molecule has 0 aliphatic carbocycles. The summed E-state index contributed by atoms with van der Waals surface area (Å²) in [6, 6.07) is -0.178. The number of aryl methyl sites for hydroxylation is 2. The van der Waals surface area contributed by atoms with Crippen LogP contribution in [0.5, 0.6) is 0 Å². The van der Waals surface area contributed by atoms with Gasteiger partial charge in [-0.2, -0.15) is 4.31 Å². The first-order valence-electron chi connectivity index (χ1n) is 7.16. The molecule has 21 heavy (non-hydrogen) atoms. The number of ether oxygens (including phenoxy) is 1. The zero-order valence-electron chi connectivity index (χ0n) is 13.3. The maximum absolute atomic E-state index is 13.1. The Bertz CT molecular complexity index is 609. The third-order valence-corrected chi connectivity index (χ3v) is 5.97. The molecular formula is C14H24N2O4S. The highest BCUT2D eigenvalue weighted by molar-refractivity contribution is 7.89. The molecule has 1 N–H and O–H groups in total. The van der Waals surface area contributed by atoms with Crippen LogP contribution in [0.4, 0.5) is 0 Å². The zero-order chi connectivity index (χ0) is 15.8. The van der Waals surface area contributed by atoms with Gasteiger partial charge < -0.3 is 14.5 Å². The van der Waals surface area contributed by atoms with Crippen molar-refractivity contribution >= 4 is 10.0 Å². The van der Waals surface area contributed by atoms with Crippen molar-refractivity contribution in [1.29, 1.82) is 0 Å². The molecule has 120 valence electrons. The zero-order valence-corrected chi connectivity index (χ0v) is 14.1. The minimum Gasteiger partial charge on any atom is -0.465 e. The van der Waals surface area contributed by atoms with E-state index in [0.717, 1.165) is 0 Å². The highest BCUT2D eigenvalue weighted by Gasteiger charge is 2.38. The molecule has 1 saturated heterocycles. The minimum atomic E-state index is -3.59. The predicted molar refractivity (Wildman–Crippen MR) is 79.7 cm³/mol. The van der Waals surface area contributed by atoms with Crippen molar-refractivity contribution in [2.75, 3.05) is 20.2 Å². The molecule has 2 rings (SSSR count). The van der Waals surface area contributed by atoms with Crippen molar-refractivity contribution in [2.24, 2.45) is 0 Å². The van der Waals surface area contributed by atoms with Gasteiger partial charge in [-0.05, 0) is 34.7 Å². The van der Waals surface area contributed by atoms with Crippen molar-refractivity contribution in [1.82, 2.24) is 9.62 Å². The maximum Gasteiger partial charge on any atom is 0.247 e. The Morgan fingerprint density at radius 3 is 2.57 bits per heavy atom. The van der Waals surface area contributed by atoms with Crippen LogP contribution in [-0.2, 0) is 21.3 Å². The number of sulfonamides is 1. The van der Waals surface area contributed by atoms with Crippen molar-refractivity contribution in [3.63, 3.8) is 0 Å². The minimum absolute atomic E-state index is 0.1000. The molecule has 2 atom stereocenters. The largest absolute Gasteiger partial charge is 0.465 e. The third-order valence-electron chi connectivity index (χ3n) is 3.80. The SMILES string of the molecule is CNCc1c(C)oc(C)c1S(=O)(=O)N1CC(C)OCC1C. The van der Waals surface area contributed by atoms with Gasteiger partial charge in [0.1, 0.15) is 16.4 Å². The summed E-state index contributed by atoms with van der Waals surface area (Å²) in [4.78, 5) is 0.301. The number of hydrogen-bond acceptors (Lipinski definition) is 5. The van der Waals surface area contributed by atoms with Gasteiger partial charge in [0.2, 0.25) is 10.0 Å². The molecule has 1 fully saturated rings. The number of rotatable bonds is 4. The van der Waals surface area contributed by atoms with E-state index in [9.17, 15) is 8.42 Å². The van der Waals surface area contributed by atoms with Crippen LogP contribution in [-0.4, -0.2) is 45.1 Å². The third kappa shape index (κ3) is 3.01. The van der Waals surface area contributed by atoms with Gasteiger partial charge in [-0.1, -0.05) is 0 Å². The molecule has 2 heterocycles. The fourth-order valence-electron chi connectivity index (χ4n) is 2.75. The van der Waals surface area contributed by atoms with Gasteiger partial charge in [-0.3, -0.25) is 0 Å². The molecule has 1 aliphatic heterocycles. The molecule has 1 aromatic heterocycles. The summed E-state index contributed by atoms with van der Waals surface area (Å²) in [7, 11) is -1.80. The number of nitrogens with one attached hydrogen (secondary N) is 1. The van der Waals surface area contributed by atoms with Crippen LogP contribution < -0.4 is 5.32 Å². The van der Waals surface area contributed by atoms with E-state index >= 15 is 0 Å². The summed E-state index contributed by atoms with van der Waals surface area (Å²) < 4.78 is 38.7. The average Bonchev–Trinajstić information content (AvgIpc) is 2.68. The lowest BCUT2D eigenvalue weighted by atomic mass is 10.2. The Labute approximate surface area is 126 Å². The van der Waals surface area contributed by atoms with E-state index in [1.807, 2.05) is 13.8 Å². The van der Waals surface area contributed by atoms with Crippen LogP contribution in [0.25, 0.3) is 0 Å². The lowest BCUT2D eigenvalue weighted by molar-refractivity contribution is -0.0171. The number of hydrogen-bond donors (Lipinski definition) is 1. The van der Waals surface area contributed by atoms with Gasteiger partial charge in [0.15, 0.2) is 0 Å². The first-order chi connectivity index (χ1) is 9.78. The number of morpholine rings is 1. The van der Waals surface area contributed by atoms with E-state index in [0.29, 0.717) is 41.7 Å². The normalized spacial score (nSPS) is 24.4. The molecule has 0 saturated carbocycles. The van der Waals surface area contributed by atoms with Gasteiger partial charge >= 0.3 is 0 Å². The van der Waals surface area contributed by atoms with E-state index < -0.39 is 10.0 Å². The topological polar surface area (TPSA) is 71.8 Å². The first-order valence-corrected chi connectivity index (χ1v) is 8.60. The summed E-state index contributed by atoms with van der Waals surface area (Å²) in [5.74, 6) is 1.10. The van der Waals surface area contributed by atoms with Crippen molar-refractivity contribution in [2.45, 2.75) is 51.3 Å². The Balaban J connectivity index is 2.48. The average molecular weight is 316 g/mol. The van der Waals surface area contributed by atoms with Crippen LogP contribution in [0.3, 0.4) is 0 Å². The monoisotopic (exact) mass is 316 g/mol. The second-order valence-corrected chi connectivity index (χ2v) is 7.45. The van der Waals surface area contributed by atoms with E-state index in [1.54, 1.807) is 20.9 Å². The van der Waals surface area contributed by atoms with Gasteiger partial charge in [0.25, 0.3) is 0 Å². The smallest absolute Gasteiger partial charge is 0.247 e. The molecular weight excluding hydrogens is 292 g/mol. The highest BCUT2D eigenvalue weighted by Crippen LogP contribution is 2.31. The van der Waals surface area contributed by atoms with E-state index in [-0.39, 0.29) is 12.1 Å². The summed E-state index contributed by atoms with van der Waals surface area (Å²) in [6.45, 7) is 8.49. The molecule has 6 nitrogen and oxygen atoms in total. The van der Waals surface area contributed by atoms with Gasteiger partial charge in [0.05, 0.1) is 12.7 Å². The van der Waals surface area contributed by atoms with Crippen molar-refractivity contribution in [3.8, 4) is 0 Å². The predicted octanol–water partition coefficient (Wildman–Crippen LogP) is 1.41. The Kier molecular flexibility index (Phi) is 4.77. The molecule has 1 aromatic rings. The molecule has 0 bridgehead atoms. The van der Waals surface area contributed by atoms with E-state index in [2.05, 4.69) is 5.32 Å². The molecule has 1 aliphatic rings. The molecule has 0 aromatic carbocycles. The van der Waals surface area contributed by atoms with Gasteiger partial charge in [-0.15, -0.1) is 0 Å². The highest BCUT2D eigenvalue weighted by atomic mass is 32.2. The first kappa shape index (κ1) is 16.5. The summed E-state index contributed by atoms with van der Waals surface area (Å²) in [5.41, 5.74) is 0.710. The fourth-order valence-corrected chi connectivity index (χ4v) is 4.86. The van der Waals surface area contributed by atoms with Gasteiger partial charge in [0, 0.05) is 24.7 Å². The van der Waals surface area contributed by atoms with Crippen LogP contribution in [0, 0.1) is 13.8 Å². The Hall–Kier alpha value is -0.890. The summed E-state index contributed by atoms with van der Waals surface area (Å²) in [5, 5.41) is 3.01. The maximum atomic E-state index is 13.1. The van der Waals surface area contributed by atoms with Crippen LogP contribution >= 0.6 is 0 Å². The standard InChI is InChI=1S/C14H24N2O4S/c1-9-8-19-10(2)7-16(9)21(17,18)14-12(4)20-11(3)13(14)6-15-5/h9-10,15H,6-8H2,1-5H3. The van der Waals surface area contributed by atoms with Crippen LogP contribution in [0.2, 0.25) is 0 Å². The van der Waals surface area contributed by atoms with Crippen molar-refractivity contribution < 1.29 is 17.6 Å². The molecule has 0 spiro atoms. The molecule has 0 amide bonds. The molecule has 0 radical (unpaired) electrons. The van der Waals surface area contributed by atoms with Gasteiger partial charge in [-0.25, -0.2) is 8.42 Å². The summed E-state index contributed by atoms with van der Waals surface area (Å²) in [6.07, 6.45) is -0.1000. The van der Waals surface area contributed by atoms with Crippen molar-refractivity contribution in [3.05, 3.63) is 17.1 Å². The Morgan fingerprint density at radius 2 is 1.95 bits per heavy atom. The number of furan rings is 1. The van der Waals surface area contributed by atoms with E-state index in [4.69, 9.17) is 9.15 Å². The second kappa shape index (κ2) is 6.08. The van der Waals surface area contributed by atoms with Crippen LogP contribution in [0.15, 0.2) is 9.31 Å². The summed E-state index contributed by atoms with van der Waals surface area (Å²) >= 11 is 0. The lowest BCUT2D eigenvalue weighted by Crippen LogP contribution is -2.50. The van der Waals surface area contributed by atoms with Crippen LogP contribution in [0.1, 0.15) is 30.9 Å². The lowest BCUT2D eigenvalue weighted by Gasteiger charge is -2.35. The molecule has 2 unspecified atom stereocenters. The fraction of sp³-hybridized carbons (Fsp3) is 0.714. The quantitative estimate of drug-likeness (QED) is 0.909.